The first-order valence-corrected chi connectivity index (χ1v) is 14.5. The molecule has 2 aliphatic heterocycles. The first-order valence-electron chi connectivity index (χ1n) is 13.7. The van der Waals surface area contributed by atoms with Crippen molar-refractivity contribution in [3.63, 3.8) is 0 Å². The maximum Gasteiger partial charge on any atom is 0.306 e. The Kier molecular flexibility index (Phi) is 8.36. The minimum atomic E-state index is -1.87. The van der Waals surface area contributed by atoms with E-state index >= 15 is 0 Å². The number of carbonyl (C=O) groups excluding carboxylic acids is 2. The highest BCUT2D eigenvalue weighted by Gasteiger charge is 2.71. The van der Waals surface area contributed by atoms with Gasteiger partial charge in [-0.05, 0) is 56.2 Å². The Labute approximate surface area is 228 Å². The highest BCUT2D eigenvalue weighted by Crippen LogP contribution is 2.54. The van der Waals surface area contributed by atoms with Crippen LogP contribution in [0.4, 0.5) is 0 Å². The van der Waals surface area contributed by atoms with Crippen LogP contribution in [0.15, 0.2) is 18.2 Å². The third-order valence-electron chi connectivity index (χ3n) is 8.49. The van der Waals surface area contributed by atoms with Gasteiger partial charge in [-0.3, -0.25) is 9.59 Å². The molecule has 2 aliphatic rings. The Balaban J connectivity index is 1.66. The van der Waals surface area contributed by atoms with Gasteiger partial charge in [0, 0.05) is 17.8 Å². The fraction of sp³-hybridized carbons (Fsp3) is 0.690. The number of nitrogens with zero attached hydrogens (tertiary/aromatic N) is 1. The molecule has 6 unspecified atom stereocenters. The number of aliphatic hydroxyl groups is 3. The number of Topliss-reactive ketones (excluding diaryl/α,β-unsaturated/α-hetero) is 1. The molecule has 3 heterocycles. The van der Waals surface area contributed by atoms with Crippen LogP contribution in [-0.4, -0.2) is 49.5 Å². The summed E-state index contributed by atoms with van der Waals surface area (Å²) in [6, 6.07) is 5.23. The normalized spacial score (nSPS) is 35.1. The zero-order valence-corrected chi connectivity index (χ0v) is 23.8. The fourth-order valence-corrected chi connectivity index (χ4v) is 6.63. The molecule has 0 amide bonds. The summed E-state index contributed by atoms with van der Waals surface area (Å²) >= 11 is 1.35. The topological polar surface area (TPSA) is 129 Å². The van der Waals surface area contributed by atoms with Crippen LogP contribution in [0.25, 0.3) is 10.2 Å². The number of benzene rings is 1. The SMILES string of the molecule is CCC1CC(C)CCCC2(C)OC2(O)C(O)C(c2ccc3sc(CO)nc3c2)OC(=O)CCC(C)(C)C1=O. The minimum Gasteiger partial charge on any atom is -0.454 e. The first kappa shape index (κ1) is 29.1. The Morgan fingerprint density at radius 3 is 2.61 bits per heavy atom. The average Bonchev–Trinajstić information content (AvgIpc) is 3.22. The molecular weight excluding hydrogens is 506 g/mol. The smallest absolute Gasteiger partial charge is 0.306 e. The number of ether oxygens (including phenoxy) is 2. The zero-order valence-electron chi connectivity index (χ0n) is 23.0. The van der Waals surface area contributed by atoms with Crippen LogP contribution < -0.4 is 0 Å². The average molecular weight is 548 g/mol. The van der Waals surface area contributed by atoms with Crippen LogP contribution in [0, 0.1) is 17.3 Å². The molecule has 8 nitrogen and oxygen atoms in total. The van der Waals surface area contributed by atoms with E-state index in [0.717, 1.165) is 30.4 Å². The van der Waals surface area contributed by atoms with Gasteiger partial charge in [0.1, 0.15) is 16.4 Å². The molecule has 1 aromatic heterocycles. The number of rotatable bonds is 3. The summed E-state index contributed by atoms with van der Waals surface area (Å²) in [4.78, 5) is 30.9. The molecule has 210 valence electrons. The van der Waals surface area contributed by atoms with E-state index in [1.165, 1.54) is 11.3 Å². The van der Waals surface area contributed by atoms with E-state index in [-0.39, 0.29) is 24.7 Å². The second-order valence-corrected chi connectivity index (χ2v) is 13.1. The third kappa shape index (κ3) is 5.68. The van der Waals surface area contributed by atoms with Gasteiger partial charge in [-0.25, -0.2) is 4.98 Å². The van der Waals surface area contributed by atoms with Crippen molar-refractivity contribution >= 4 is 33.3 Å². The monoisotopic (exact) mass is 547 g/mol. The molecule has 6 atom stereocenters. The van der Waals surface area contributed by atoms with Crippen molar-refractivity contribution in [1.29, 1.82) is 0 Å². The highest BCUT2D eigenvalue weighted by molar-refractivity contribution is 7.18. The van der Waals surface area contributed by atoms with Gasteiger partial charge >= 0.3 is 5.97 Å². The van der Waals surface area contributed by atoms with Gasteiger partial charge in [0.15, 0.2) is 12.2 Å². The lowest BCUT2D eigenvalue weighted by Gasteiger charge is -2.31. The number of cyclic esters (lactones) is 1. The number of hydrogen-bond acceptors (Lipinski definition) is 9. The second-order valence-electron chi connectivity index (χ2n) is 12.0. The number of hydrogen-bond donors (Lipinski definition) is 3. The van der Waals surface area contributed by atoms with Gasteiger partial charge < -0.3 is 24.8 Å². The Morgan fingerprint density at radius 1 is 1.18 bits per heavy atom. The summed E-state index contributed by atoms with van der Waals surface area (Å²) in [6.45, 7) is 9.52. The van der Waals surface area contributed by atoms with Crippen molar-refractivity contribution < 1.29 is 34.4 Å². The molecule has 2 fully saturated rings. The number of ketones is 1. The van der Waals surface area contributed by atoms with E-state index in [2.05, 4.69) is 11.9 Å². The van der Waals surface area contributed by atoms with E-state index in [4.69, 9.17) is 9.47 Å². The number of carbonyl (C=O) groups is 2. The summed E-state index contributed by atoms with van der Waals surface area (Å²) in [5.74, 6) is -2.02. The summed E-state index contributed by atoms with van der Waals surface area (Å²) < 4.78 is 12.4. The molecule has 0 aliphatic carbocycles. The van der Waals surface area contributed by atoms with E-state index in [1.807, 2.05) is 20.8 Å². The van der Waals surface area contributed by atoms with Gasteiger partial charge in [-0.15, -0.1) is 11.3 Å². The number of fused-ring (bicyclic) bond motifs is 2. The van der Waals surface area contributed by atoms with Crippen molar-refractivity contribution in [1.82, 2.24) is 4.98 Å². The Morgan fingerprint density at radius 2 is 1.92 bits per heavy atom. The quantitative estimate of drug-likeness (QED) is 0.368. The lowest BCUT2D eigenvalue weighted by Crippen LogP contribution is -2.42. The number of esters is 1. The predicted molar refractivity (Wildman–Crippen MR) is 144 cm³/mol. The molecule has 4 rings (SSSR count). The van der Waals surface area contributed by atoms with Crippen molar-refractivity contribution in [2.24, 2.45) is 17.3 Å². The van der Waals surface area contributed by atoms with E-state index in [9.17, 15) is 24.9 Å². The highest BCUT2D eigenvalue weighted by atomic mass is 32.1. The molecule has 0 radical (unpaired) electrons. The third-order valence-corrected chi connectivity index (χ3v) is 9.51. The van der Waals surface area contributed by atoms with Crippen LogP contribution in [0.3, 0.4) is 0 Å². The Bertz CT molecular complexity index is 1180. The van der Waals surface area contributed by atoms with Crippen molar-refractivity contribution in [2.45, 2.75) is 110 Å². The summed E-state index contributed by atoms with van der Waals surface area (Å²) in [6.07, 6.45) is 1.28. The molecule has 38 heavy (non-hydrogen) atoms. The molecule has 2 aromatic rings. The molecule has 0 bridgehead atoms. The van der Waals surface area contributed by atoms with E-state index in [0.29, 0.717) is 34.8 Å². The van der Waals surface area contributed by atoms with E-state index in [1.54, 1.807) is 25.1 Å². The molecule has 2 saturated heterocycles. The number of thiazole rings is 1. The van der Waals surface area contributed by atoms with Crippen molar-refractivity contribution in [2.75, 3.05) is 0 Å². The first-order chi connectivity index (χ1) is 17.8. The van der Waals surface area contributed by atoms with Crippen LogP contribution in [0.5, 0.6) is 0 Å². The standard InChI is InChI=1S/C29H41NO7S/c1-6-18-14-17(2)8-7-12-28(5)29(35,37-28)26(34)24(36-23(32)11-13-27(3,4)25(18)33)19-9-10-21-20(15-19)30-22(16-31)38-21/h9-10,15,17-18,24,26,31,34-35H,6-8,11-14,16H2,1-5H3. The van der Waals surface area contributed by atoms with E-state index < -0.39 is 35.0 Å². The molecule has 3 N–H and O–H groups in total. The molecular formula is C29H41NO7S. The summed E-state index contributed by atoms with van der Waals surface area (Å²) in [7, 11) is 0. The minimum absolute atomic E-state index is 0.00188. The summed E-state index contributed by atoms with van der Waals surface area (Å²) in [5.41, 5.74) is -0.605. The molecule has 0 spiro atoms. The van der Waals surface area contributed by atoms with Gasteiger partial charge in [-0.1, -0.05) is 46.6 Å². The number of aromatic nitrogens is 1. The van der Waals surface area contributed by atoms with Crippen LogP contribution in [0.1, 0.15) is 96.2 Å². The number of epoxide rings is 1. The maximum atomic E-state index is 13.4. The maximum absolute atomic E-state index is 13.4. The predicted octanol–water partition coefficient (Wildman–Crippen LogP) is 4.82. The summed E-state index contributed by atoms with van der Waals surface area (Å²) in [5, 5.41) is 32.8. The lowest BCUT2D eigenvalue weighted by molar-refractivity contribution is -0.171. The lowest BCUT2D eigenvalue weighted by atomic mass is 9.74. The largest absolute Gasteiger partial charge is 0.454 e. The van der Waals surface area contributed by atoms with Crippen molar-refractivity contribution in [3.05, 3.63) is 28.8 Å². The van der Waals surface area contributed by atoms with Gasteiger partial charge in [0.05, 0.1) is 16.8 Å². The second kappa shape index (κ2) is 10.9. The number of aliphatic hydroxyl groups excluding tert-OH is 2. The zero-order chi connectivity index (χ0) is 27.9. The van der Waals surface area contributed by atoms with Gasteiger partial charge in [0.25, 0.3) is 0 Å². The molecule has 0 saturated carbocycles. The van der Waals surface area contributed by atoms with Gasteiger partial charge in [-0.2, -0.15) is 0 Å². The fourth-order valence-electron chi connectivity index (χ4n) is 5.82. The van der Waals surface area contributed by atoms with Crippen LogP contribution in [-0.2, 0) is 25.7 Å². The molecule has 1 aromatic carbocycles. The van der Waals surface area contributed by atoms with Crippen molar-refractivity contribution in [3.8, 4) is 0 Å². The van der Waals surface area contributed by atoms with Crippen LogP contribution >= 0.6 is 11.3 Å². The Hall–Kier alpha value is -1.91. The van der Waals surface area contributed by atoms with Crippen LogP contribution in [0.2, 0.25) is 0 Å². The van der Waals surface area contributed by atoms with Gasteiger partial charge in [0.2, 0.25) is 5.79 Å². The molecule has 9 heteroatoms.